The predicted octanol–water partition coefficient (Wildman–Crippen LogP) is 4.47. The molecule has 0 radical (unpaired) electrons. The second-order valence-corrected chi connectivity index (χ2v) is 5.81. The molecule has 3 heteroatoms. The van der Waals surface area contributed by atoms with Gasteiger partial charge in [0.1, 0.15) is 11.6 Å². The molecule has 0 aliphatic carbocycles. The number of carbonyl (C=O) groups is 1. The second-order valence-electron chi connectivity index (χ2n) is 5.81. The molecule has 2 aromatic carbocycles. The first-order valence-electron chi connectivity index (χ1n) is 7.48. The van der Waals surface area contributed by atoms with Crippen molar-refractivity contribution in [3.63, 3.8) is 0 Å². The predicted molar refractivity (Wildman–Crippen MR) is 94.1 cm³/mol. The third-order valence-corrected chi connectivity index (χ3v) is 3.67. The van der Waals surface area contributed by atoms with Gasteiger partial charge in [-0.3, -0.25) is 4.79 Å². The molecule has 2 aromatic rings. The highest BCUT2D eigenvalue weighted by Gasteiger charge is 2.11. The molecule has 0 aliphatic rings. The number of anilines is 1. The Bertz CT molecular complexity index is 803. The highest BCUT2D eigenvalue weighted by molar-refractivity contribution is 6.09. The fraction of sp³-hybridized carbons (Fsp3) is 0.200. The standard InChI is InChI=1S/C20H20N2O/c1-13-6-5-7-18(10-13)22-20(23)17(12-21)11-19-15(3)8-14(2)9-16(19)4/h5-11H,1-4H3,(H,22,23)/b17-11+. The lowest BCUT2D eigenvalue weighted by molar-refractivity contribution is -0.112. The van der Waals surface area contributed by atoms with Crippen LogP contribution in [0.3, 0.4) is 0 Å². The van der Waals surface area contributed by atoms with Crippen molar-refractivity contribution in [1.29, 1.82) is 5.26 Å². The van der Waals surface area contributed by atoms with Crippen LogP contribution in [-0.4, -0.2) is 5.91 Å². The van der Waals surface area contributed by atoms with Gasteiger partial charge in [0, 0.05) is 5.69 Å². The number of hydrogen-bond acceptors (Lipinski definition) is 2. The quantitative estimate of drug-likeness (QED) is 0.672. The summed E-state index contributed by atoms with van der Waals surface area (Å²) in [6, 6.07) is 13.6. The monoisotopic (exact) mass is 304 g/mol. The van der Waals surface area contributed by atoms with Crippen molar-refractivity contribution in [2.75, 3.05) is 5.32 Å². The normalized spacial score (nSPS) is 11.0. The van der Waals surface area contributed by atoms with Crippen molar-refractivity contribution in [3.05, 3.63) is 69.8 Å². The van der Waals surface area contributed by atoms with E-state index in [9.17, 15) is 10.1 Å². The van der Waals surface area contributed by atoms with E-state index in [-0.39, 0.29) is 5.57 Å². The molecule has 0 aromatic heterocycles. The molecule has 0 fully saturated rings. The Morgan fingerprint density at radius 3 is 2.26 bits per heavy atom. The Morgan fingerprint density at radius 1 is 1.04 bits per heavy atom. The maximum atomic E-state index is 12.3. The minimum atomic E-state index is -0.391. The summed E-state index contributed by atoms with van der Waals surface area (Å²) in [6.07, 6.45) is 1.66. The SMILES string of the molecule is Cc1cccc(NC(=O)/C(C#N)=C/c2c(C)cc(C)cc2C)c1. The summed E-state index contributed by atoms with van der Waals surface area (Å²) in [5, 5.41) is 12.1. The fourth-order valence-electron chi connectivity index (χ4n) is 2.63. The van der Waals surface area contributed by atoms with E-state index in [2.05, 4.69) is 5.32 Å². The van der Waals surface area contributed by atoms with Gasteiger partial charge in [-0.25, -0.2) is 0 Å². The Hall–Kier alpha value is -2.86. The van der Waals surface area contributed by atoms with Crippen LogP contribution in [0.5, 0.6) is 0 Å². The molecule has 0 aliphatic heterocycles. The average Bonchev–Trinajstić information content (AvgIpc) is 2.46. The zero-order valence-corrected chi connectivity index (χ0v) is 13.9. The van der Waals surface area contributed by atoms with Gasteiger partial charge < -0.3 is 5.32 Å². The van der Waals surface area contributed by atoms with Crippen molar-refractivity contribution >= 4 is 17.7 Å². The van der Waals surface area contributed by atoms with Crippen LogP contribution in [0.2, 0.25) is 0 Å². The number of carbonyl (C=O) groups excluding carboxylic acids is 1. The van der Waals surface area contributed by atoms with Crippen molar-refractivity contribution < 1.29 is 4.79 Å². The molecule has 0 saturated carbocycles. The van der Waals surface area contributed by atoms with Crippen LogP contribution in [0.15, 0.2) is 42.0 Å². The summed E-state index contributed by atoms with van der Waals surface area (Å²) < 4.78 is 0. The van der Waals surface area contributed by atoms with Gasteiger partial charge in [0.2, 0.25) is 0 Å². The van der Waals surface area contributed by atoms with E-state index in [1.165, 1.54) is 5.56 Å². The number of benzene rings is 2. The van der Waals surface area contributed by atoms with Gasteiger partial charge >= 0.3 is 0 Å². The number of nitrogens with zero attached hydrogens (tertiary/aromatic N) is 1. The molecular weight excluding hydrogens is 284 g/mol. The van der Waals surface area contributed by atoms with E-state index >= 15 is 0 Å². The number of nitriles is 1. The summed E-state index contributed by atoms with van der Waals surface area (Å²) in [6.45, 7) is 7.96. The Balaban J connectivity index is 2.33. The third-order valence-electron chi connectivity index (χ3n) is 3.67. The second kappa shape index (κ2) is 6.93. The van der Waals surface area contributed by atoms with Gasteiger partial charge in [0.05, 0.1) is 0 Å². The summed E-state index contributed by atoms with van der Waals surface area (Å²) in [4.78, 5) is 12.3. The van der Waals surface area contributed by atoms with E-state index in [0.717, 1.165) is 22.3 Å². The molecule has 116 valence electrons. The van der Waals surface area contributed by atoms with Crippen LogP contribution >= 0.6 is 0 Å². The molecule has 3 nitrogen and oxygen atoms in total. The molecule has 0 spiro atoms. The van der Waals surface area contributed by atoms with Crippen LogP contribution in [0.1, 0.15) is 27.8 Å². The molecule has 0 atom stereocenters. The number of hydrogen-bond donors (Lipinski definition) is 1. The van der Waals surface area contributed by atoms with Crippen molar-refractivity contribution in [1.82, 2.24) is 0 Å². The first-order valence-corrected chi connectivity index (χ1v) is 7.48. The molecular formula is C20H20N2O. The topological polar surface area (TPSA) is 52.9 Å². The number of amides is 1. The van der Waals surface area contributed by atoms with Gasteiger partial charge in [-0.2, -0.15) is 5.26 Å². The summed E-state index contributed by atoms with van der Waals surface area (Å²) in [5.74, 6) is -0.391. The number of rotatable bonds is 3. The van der Waals surface area contributed by atoms with E-state index < -0.39 is 5.91 Å². The number of aryl methyl sites for hydroxylation is 4. The maximum absolute atomic E-state index is 12.3. The summed E-state index contributed by atoms with van der Waals surface area (Å²) in [5.41, 5.74) is 6.04. The van der Waals surface area contributed by atoms with Crippen LogP contribution < -0.4 is 5.32 Å². The van der Waals surface area contributed by atoms with Crippen LogP contribution in [-0.2, 0) is 4.79 Å². The van der Waals surface area contributed by atoms with Gasteiger partial charge in [-0.15, -0.1) is 0 Å². The van der Waals surface area contributed by atoms with Crippen molar-refractivity contribution in [3.8, 4) is 6.07 Å². The van der Waals surface area contributed by atoms with E-state index in [4.69, 9.17) is 0 Å². The maximum Gasteiger partial charge on any atom is 0.266 e. The molecule has 0 saturated heterocycles. The third kappa shape index (κ3) is 4.08. The molecule has 0 heterocycles. The van der Waals surface area contributed by atoms with Crippen LogP contribution in [0.4, 0.5) is 5.69 Å². The smallest absolute Gasteiger partial charge is 0.266 e. The Morgan fingerprint density at radius 2 is 1.70 bits per heavy atom. The van der Waals surface area contributed by atoms with Crippen LogP contribution in [0.25, 0.3) is 6.08 Å². The van der Waals surface area contributed by atoms with E-state index in [0.29, 0.717) is 5.69 Å². The van der Waals surface area contributed by atoms with Crippen molar-refractivity contribution in [2.24, 2.45) is 0 Å². The molecule has 0 unspecified atom stereocenters. The molecule has 2 rings (SSSR count). The fourth-order valence-corrected chi connectivity index (χ4v) is 2.63. The molecule has 23 heavy (non-hydrogen) atoms. The first kappa shape index (κ1) is 16.5. The lowest BCUT2D eigenvalue weighted by atomic mass is 9.98. The summed E-state index contributed by atoms with van der Waals surface area (Å²) in [7, 11) is 0. The Kier molecular flexibility index (Phi) is 4.98. The highest BCUT2D eigenvalue weighted by atomic mass is 16.1. The largest absolute Gasteiger partial charge is 0.321 e. The zero-order valence-electron chi connectivity index (χ0n) is 13.9. The van der Waals surface area contributed by atoms with E-state index in [1.54, 1.807) is 6.08 Å². The van der Waals surface area contributed by atoms with Gasteiger partial charge in [0.15, 0.2) is 0 Å². The lowest BCUT2D eigenvalue weighted by Gasteiger charge is -2.09. The first-order chi connectivity index (χ1) is 10.9. The van der Waals surface area contributed by atoms with Crippen LogP contribution in [0, 0.1) is 39.0 Å². The minimum Gasteiger partial charge on any atom is -0.321 e. The average molecular weight is 304 g/mol. The van der Waals surface area contributed by atoms with Gasteiger partial charge in [0.25, 0.3) is 5.91 Å². The molecule has 0 bridgehead atoms. The molecule has 1 amide bonds. The molecule has 1 N–H and O–H groups in total. The summed E-state index contributed by atoms with van der Waals surface area (Å²) >= 11 is 0. The number of nitrogens with one attached hydrogen (secondary N) is 1. The minimum absolute atomic E-state index is 0.0987. The zero-order chi connectivity index (χ0) is 17.0. The van der Waals surface area contributed by atoms with Gasteiger partial charge in [-0.1, -0.05) is 29.8 Å². The lowest BCUT2D eigenvalue weighted by Crippen LogP contribution is -2.13. The van der Waals surface area contributed by atoms with Crippen molar-refractivity contribution in [2.45, 2.75) is 27.7 Å². The Labute approximate surface area is 137 Å². The van der Waals surface area contributed by atoms with Gasteiger partial charge in [-0.05, 0) is 68.2 Å². The highest BCUT2D eigenvalue weighted by Crippen LogP contribution is 2.20. The van der Waals surface area contributed by atoms with E-state index in [1.807, 2.05) is 70.2 Å².